The summed E-state index contributed by atoms with van der Waals surface area (Å²) in [5, 5.41) is 19.4. The fourth-order valence-corrected chi connectivity index (χ4v) is 2.95. The molecule has 1 saturated heterocycles. The molecule has 108 valence electrons. The minimum Gasteiger partial charge on any atom is -0.408 e. The minimum absolute atomic E-state index is 0.0844. The molecule has 0 aromatic carbocycles. The highest BCUT2D eigenvalue weighted by Gasteiger charge is 2.49. The summed E-state index contributed by atoms with van der Waals surface area (Å²) in [6.45, 7) is 11.7. The molecular formula is C12H25FO4Si. The Morgan fingerprint density at radius 2 is 1.72 bits per heavy atom. The van der Waals surface area contributed by atoms with Crippen molar-refractivity contribution in [2.24, 2.45) is 0 Å². The summed E-state index contributed by atoms with van der Waals surface area (Å²) >= 11 is 0. The zero-order chi connectivity index (χ0) is 14.3. The maximum atomic E-state index is 13.9. The lowest BCUT2D eigenvalue weighted by atomic mass is 10.0. The third-order valence-electron chi connectivity index (χ3n) is 3.99. The highest BCUT2D eigenvalue weighted by molar-refractivity contribution is 6.74. The van der Waals surface area contributed by atoms with Gasteiger partial charge in [-0.1, -0.05) is 20.8 Å². The Balaban J connectivity index is 2.87. The van der Waals surface area contributed by atoms with Crippen LogP contribution in [-0.2, 0) is 9.16 Å². The average Bonchev–Trinajstić information content (AvgIpc) is 2.20. The zero-order valence-electron chi connectivity index (χ0n) is 12.0. The highest BCUT2D eigenvalue weighted by Crippen LogP contribution is 2.39. The van der Waals surface area contributed by atoms with Crippen molar-refractivity contribution in [1.29, 1.82) is 0 Å². The van der Waals surface area contributed by atoms with Crippen LogP contribution in [-0.4, -0.2) is 49.3 Å². The van der Waals surface area contributed by atoms with Crippen LogP contribution in [0, 0.1) is 0 Å². The van der Waals surface area contributed by atoms with E-state index in [1.54, 1.807) is 6.92 Å². The summed E-state index contributed by atoms with van der Waals surface area (Å²) in [5.74, 6) is 0. The van der Waals surface area contributed by atoms with Crippen LogP contribution in [0.4, 0.5) is 4.39 Å². The zero-order valence-corrected chi connectivity index (χ0v) is 13.0. The van der Waals surface area contributed by atoms with Crippen LogP contribution in [0.3, 0.4) is 0 Å². The number of hydrogen-bond acceptors (Lipinski definition) is 4. The van der Waals surface area contributed by atoms with Gasteiger partial charge >= 0.3 is 0 Å². The molecule has 2 N–H and O–H groups in total. The Morgan fingerprint density at radius 1 is 1.22 bits per heavy atom. The number of rotatable bonds is 2. The number of ether oxygens (including phenoxy) is 1. The van der Waals surface area contributed by atoms with Crippen molar-refractivity contribution in [3.8, 4) is 0 Å². The smallest absolute Gasteiger partial charge is 0.192 e. The molecule has 1 rings (SSSR count). The molecule has 0 saturated carbocycles. The molecule has 5 atom stereocenters. The molecule has 4 nitrogen and oxygen atoms in total. The maximum Gasteiger partial charge on any atom is 0.192 e. The van der Waals surface area contributed by atoms with Crippen molar-refractivity contribution in [1.82, 2.24) is 0 Å². The first kappa shape index (κ1) is 16.0. The molecule has 0 aromatic rings. The van der Waals surface area contributed by atoms with Crippen LogP contribution in [0.5, 0.6) is 0 Å². The Hall–Kier alpha value is -0.0131. The van der Waals surface area contributed by atoms with Crippen LogP contribution in [0.2, 0.25) is 18.1 Å². The lowest BCUT2D eigenvalue weighted by molar-refractivity contribution is -0.258. The molecule has 0 unspecified atom stereocenters. The molecule has 0 amide bonds. The van der Waals surface area contributed by atoms with E-state index in [1.165, 1.54) is 0 Å². The van der Waals surface area contributed by atoms with Gasteiger partial charge in [0.15, 0.2) is 20.8 Å². The van der Waals surface area contributed by atoms with E-state index in [9.17, 15) is 14.6 Å². The molecule has 0 spiro atoms. The fraction of sp³-hybridized carbons (Fsp3) is 1.00. The SMILES string of the molecule is C[C@@H]1O[C@@H](O)[C@H](F)[C@H](O[Si](C)(C)C(C)(C)C)[C@@H]1O. The van der Waals surface area contributed by atoms with E-state index >= 15 is 0 Å². The van der Waals surface area contributed by atoms with E-state index in [1.807, 2.05) is 33.9 Å². The van der Waals surface area contributed by atoms with Crippen molar-refractivity contribution in [3.05, 3.63) is 0 Å². The number of hydrogen-bond donors (Lipinski definition) is 2. The molecule has 1 aliphatic rings. The molecule has 18 heavy (non-hydrogen) atoms. The largest absolute Gasteiger partial charge is 0.408 e. The highest BCUT2D eigenvalue weighted by atomic mass is 28.4. The van der Waals surface area contributed by atoms with Crippen molar-refractivity contribution >= 4 is 8.32 Å². The lowest BCUT2D eigenvalue weighted by Crippen LogP contribution is -2.60. The average molecular weight is 280 g/mol. The monoisotopic (exact) mass is 280 g/mol. The van der Waals surface area contributed by atoms with E-state index in [-0.39, 0.29) is 5.04 Å². The topological polar surface area (TPSA) is 58.9 Å². The summed E-state index contributed by atoms with van der Waals surface area (Å²) < 4.78 is 24.7. The van der Waals surface area contributed by atoms with Gasteiger partial charge in [-0.2, -0.15) is 0 Å². The van der Waals surface area contributed by atoms with E-state index in [2.05, 4.69) is 0 Å². The van der Waals surface area contributed by atoms with Crippen molar-refractivity contribution in [2.45, 2.75) is 76.6 Å². The molecule has 1 fully saturated rings. The van der Waals surface area contributed by atoms with E-state index in [0.717, 1.165) is 0 Å². The number of halogens is 1. The van der Waals surface area contributed by atoms with Gasteiger partial charge in [-0.25, -0.2) is 4.39 Å². The van der Waals surface area contributed by atoms with E-state index < -0.39 is 39.1 Å². The van der Waals surface area contributed by atoms with E-state index in [4.69, 9.17) is 9.16 Å². The van der Waals surface area contributed by atoms with Gasteiger partial charge in [-0.15, -0.1) is 0 Å². The van der Waals surface area contributed by atoms with Crippen molar-refractivity contribution in [3.63, 3.8) is 0 Å². The van der Waals surface area contributed by atoms with Crippen molar-refractivity contribution < 1.29 is 23.8 Å². The molecule has 1 aliphatic heterocycles. The van der Waals surface area contributed by atoms with Crippen LogP contribution in [0.15, 0.2) is 0 Å². The van der Waals surface area contributed by atoms with E-state index in [0.29, 0.717) is 0 Å². The quantitative estimate of drug-likeness (QED) is 0.758. The van der Waals surface area contributed by atoms with Crippen molar-refractivity contribution in [2.75, 3.05) is 0 Å². The Kier molecular flexibility index (Phi) is 4.61. The van der Waals surface area contributed by atoms with Gasteiger partial charge < -0.3 is 19.4 Å². The molecule has 0 aliphatic carbocycles. The molecular weight excluding hydrogens is 255 g/mol. The number of aliphatic hydroxyl groups excluding tert-OH is 2. The predicted octanol–water partition coefficient (Wildman–Crippen LogP) is 1.81. The van der Waals surface area contributed by atoms with Gasteiger partial charge in [0, 0.05) is 0 Å². The van der Waals surface area contributed by atoms with Crippen LogP contribution in [0.25, 0.3) is 0 Å². The standard InChI is InChI=1S/C12H25FO4Si/c1-7-9(14)10(8(13)11(15)16-7)17-18(5,6)12(2,3)4/h7-11,14-15H,1-6H3/t7-,8+,9+,10-,11+/m0/s1. The van der Waals surface area contributed by atoms with Crippen LogP contribution in [0.1, 0.15) is 27.7 Å². The molecule has 0 bridgehead atoms. The first-order valence-corrected chi connectivity index (χ1v) is 9.21. The predicted molar refractivity (Wildman–Crippen MR) is 69.5 cm³/mol. The van der Waals surface area contributed by atoms with Gasteiger partial charge in [-0.05, 0) is 25.1 Å². The molecule has 6 heteroatoms. The molecule has 1 heterocycles. The Morgan fingerprint density at radius 3 is 2.17 bits per heavy atom. The van der Waals surface area contributed by atoms with Crippen LogP contribution >= 0.6 is 0 Å². The first-order chi connectivity index (χ1) is 7.97. The minimum atomic E-state index is -2.20. The first-order valence-electron chi connectivity index (χ1n) is 6.31. The maximum absolute atomic E-state index is 13.9. The van der Waals surface area contributed by atoms with Gasteiger partial charge in [-0.3, -0.25) is 0 Å². The second-order valence-electron chi connectivity index (χ2n) is 6.51. The number of aliphatic hydroxyl groups is 2. The molecule has 0 aromatic heterocycles. The van der Waals surface area contributed by atoms with Gasteiger partial charge in [0.2, 0.25) is 0 Å². The lowest BCUT2D eigenvalue weighted by Gasteiger charge is -2.45. The summed E-state index contributed by atoms with van der Waals surface area (Å²) in [7, 11) is -2.20. The second-order valence-corrected chi connectivity index (χ2v) is 11.3. The molecule has 0 radical (unpaired) electrons. The Labute approximate surface area is 109 Å². The van der Waals surface area contributed by atoms with Crippen LogP contribution < -0.4 is 0 Å². The third kappa shape index (κ3) is 3.11. The second kappa shape index (κ2) is 5.17. The fourth-order valence-electron chi connectivity index (χ4n) is 1.64. The summed E-state index contributed by atoms with van der Waals surface area (Å²) in [6, 6.07) is 0. The summed E-state index contributed by atoms with van der Waals surface area (Å²) in [5.41, 5.74) is 0. The number of alkyl halides is 1. The van der Waals surface area contributed by atoms with Gasteiger partial charge in [0.1, 0.15) is 12.2 Å². The normalized spacial score (nSPS) is 38.8. The van der Waals surface area contributed by atoms with Gasteiger partial charge in [0.25, 0.3) is 0 Å². The third-order valence-corrected chi connectivity index (χ3v) is 8.47. The van der Waals surface area contributed by atoms with Gasteiger partial charge in [0.05, 0.1) is 6.10 Å². The summed E-state index contributed by atoms with van der Waals surface area (Å²) in [4.78, 5) is 0. The Bertz CT molecular complexity index is 278. The summed E-state index contributed by atoms with van der Waals surface area (Å²) in [6.07, 6.45) is -5.97.